The molecule has 2 aliphatic heterocycles. The highest BCUT2D eigenvalue weighted by Crippen LogP contribution is 2.20. The Morgan fingerprint density at radius 3 is 2.57 bits per heavy atom. The lowest BCUT2D eigenvalue weighted by atomic mass is 10.3. The summed E-state index contributed by atoms with van der Waals surface area (Å²) in [5.41, 5.74) is 0. The minimum absolute atomic E-state index is 0. The summed E-state index contributed by atoms with van der Waals surface area (Å²) in [6, 6.07) is 0.248. The molecule has 7 nitrogen and oxygen atoms in total. The number of ether oxygens (including phenoxy) is 1. The number of halogens is 2. The van der Waals surface area contributed by atoms with Crippen molar-refractivity contribution < 1.29 is 4.74 Å². The second-order valence-corrected chi connectivity index (χ2v) is 5.40. The Morgan fingerprint density at radius 2 is 1.86 bits per heavy atom. The second-order valence-electron chi connectivity index (χ2n) is 5.06. The molecule has 118 valence electrons. The topological polar surface area (TPSA) is 66.4 Å². The summed E-state index contributed by atoms with van der Waals surface area (Å²) < 4.78 is 5.45. The summed E-state index contributed by atoms with van der Waals surface area (Å²) in [6.45, 7) is 7.91. The van der Waals surface area contributed by atoms with Gasteiger partial charge in [-0.2, -0.15) is 15.0 Å². The number of aromatic nitrogens is 3. The molecular weight excluding hydrogens is 315 g/mol. The monoisotopic (exact) mass is 334 g/mol. The molecule has 1 aromatic rings. The van der Waals surface area contributed by atoms with E-state index in [9.17, 15) is 0 Å². The van der Waals surface area contributed by atoms with Crippen LogP contribution >= 0.6 is 24.0 Å². The largest absolute Gasteiger partial charge is 0.377 e. The lowest BCUT2D eigenvalue weighted by Crippen LogP contribution is -2.46. The first kappa shape index (κ1) is 16.5. The van der Waals surface area contributed by atoms with Crippen molar-refractivity contribution in [2.45, 2.75) is 13.0 Å². The molecule has 0 amide bonds. The molecule has 2 aliphatic rings. The summed E-state index contributed by atoms with van der Waals surface area (Å²) in [7, 11) is 0. The van der Waals surface area contributed by atoms with Crippen molar-refractivity contribution in [1.82, 2.24) is 20.3 Å². The maximum atomic E-state index is 6.07. The van der Waals surface area contributed by atoms with Gasteiger partial charge in [-0.3, -0.25) is 0 Å². The number of nitrogens with one attached hydrogen (secondary N) is 1. The summed E-state index contributed by atoms with van der Waals surface area (Å²) in [4.78, 5) is 17.4. The number of anilines is 2. The molecule has 21 heavy (non-hydrogen) atoms. The Labute approximate surface area is 135 Å². The van der Waals surface area contributed by atoms with Gasteiger partial charge in [0, 0.05) is 32.7 Å². The van der Waals surface area contributed by atoms with E-state index in [-0.39, 0.29) is 23.7 Å². The number of hydrogen-bond acceptors (Lipinski definition) is 7. The van der Waals surface area contributed by atoms with Crippen molar-refractivity contribution in [3.05, 3.63) is 5.28 Å². The van der Waals surface area contributed by atoms with E-state index >= 15 is 0 Å². The van der Waals surface area contributed by atoms with Gasteiger partial charge in [-0.25, -0.2) is 0 Å². The van der Waals surface area contributed by atoms with Crippen LogP contribution < -0.4 is 15.1 Å². The number of morpholine rings is 1. The van der Waals surface area contributed by atoms with E-state index in [1.165, 1.54) is 0 Å². The van der Waals surface area contributed by atoms with E-state index in [4.69, 9.17) is 16.3 Å². The van der Waals surface area contributed by atoms with Crippen LogP contribution in [-0.2, 0) is 4.74 Å². The van der Waals surface area contributed by atoms with E-state index in [2.05, 4.69) is 37.0 Å². The molecule has 0 aromatic carbocycles. The second kappa shape index (κ2) is 7.40. The fraction of sp³-hybridized carbons (Fsp3) is 0.750. The fourth-order valence-corrected chi connectivity index (χ4v) is 2.64. The zero-order chi connectivity index (χ0) is 13.9. The van der Waals surface area contributed by atoms with Gasteiger partial charge in [-0.1, -0.05) is 0 Å². The van der Waals surface area contributed by atoms with Gasteiger partial charge in [-0.05, 0) is 18.5 Å². The van der Waals surface area contributed by atoms with Crippen LogP contribution in [0.5, 0.6) is 0 Å². The molecule has 0 bridgehead atoms. The van der Waals surface area contributed by atoms with Gasteiger partial charge < -0.3 is 19.9 Å². The van der Waals surface area contributed by atoms with Crippen LogP contribution in [0, 0.1) is 0 Å². The minimum atomic E-state index is 0. The van der Waals surface area contributed by atoms with E-state index in [0.29, 0.717) is 25.1 Å². The quantitative estimate of drug-likeness (QED) is 0.848. The van der Waals surface area contributed by atoms with Gasteiger partial charge in [0.15, 0.2) is 0 Å². The fourth-order valence-electron chi connectivity index (χ4n) is 2.49. The number of nitrogens with zero attached hydrogens (tertiary/aromatic N) is 5. The molecule has 0 radical (unpaired) electrons. The first-order chi connectivity index (χ1) is 9.74. The molecule has 1 atom stereocenters. The molecule has 0 unspecified atom stereocenters. The third kappa shape index (κ3) is 3.85. The van der Waals surface area contributed by atoms with Crippen LogP contribution in [0.1, 0.15) is 6.92 Å². The Balaban J connectivity index is 0.00000161. The normalized spacial score (nSPS) is 22.9. The highest BCUT2D eigenvalue weighted by atomic mass is 35.5. The summed E-state index contributed by atoms with van der Waals surface area (Å²) >= 11 is 6.07. The van der Waals surface area contributed by atoms with Crippen molar-refractivity contribution in [2.75, 3.05) is 55.7 Å². The number of rotatable bonds is 2. The predicted molar refractivity (Wildman–Crippen MR) is 84.8 cm³/mol. The number of hydrogen-bond donors (Lipinski definition) is 1. The van der Waals surface area contributed by atoms with Crippen LogP contribution in [0.3, 0.4) is 0 Å². The molecule has 1 N–H and O–H groups in total. The molecule has 2 fully saturated rings. The lowest BCUT2D eigenvalue weighted by molar-refractivity contribution is 0.0980. The van der Waals surface area contributed by atoms with Crippen molar-refractivity contribution in [3.63, 3.8) is 0 Å². The molecule has 0 spiro atoms. The Morgan fingerprint density at radius 1 is 1.14 bits per heavy atom. The predicted octanol–water partition coefficient (Wildman–Crippen LogP) is 0.581. The van der Waals surface area contributed by atoms with Gasteiger partial charge in [0.05, 0.1) is 19.3 Å². The summed E-state index contributed by atoms with van der Waals surface area (Å²) in [5.74, 6) is 1.31. The van der Waals surface area contributed by atoms with Gasteiger partial charge in [0.1, 0.15) is 0 Å². The number of piperazine rings is 1. The Hall–Kier alpha value is -0.890. The van der Waals surface area contributed by atoms with Crippen molar-refractivity contribution >= 4 is 35.9 Å². The summed E-state index contributed by atoms with van der Waals surface area (Å²) in [6.07, 6.45) is 0. The van der Waals surface area contributed by atoms with Crippen molar-refractivity contribution in [2.24, 2.45) is 0 Å². The van der Waals surface area contributed by atoms with Gasteiger partial charge in [0.2, 0.25) is 17.2 Å². The first-order valence-corrected chi connectivity index (χ1v) is 7.33. The third-order valence-electron chi connectivity index (χ3n) is 3.61. The maximum Gasteiger partial charge on any atom is 0.231 e. The van der Waals surface area contributed by atoms with Crippen LogP contribution in [-0.4, -0.2) is 66.9 Å². The van der Waals surface area contributed by atoms with E-state index in [0.717, 1.165) is 32.7 Å². The van der Waals surface area contributed by atoms with Crippen molar-refractivity contribution in [3.8, 4) is 0 Å². The molecule has 0 saturated carbocycles. The zero-order valence-corrected chi connectivity index (χ0v) is 13.5. The van der Waals surface area contributed by atoms with Crippen LogP contribution in [0.4, 0.5) is 11.9 Å². The molecule has 3 heterocycles. The van der Waals surface area contributed by atoms with E-state index in [1.54, 1.807) is 0 Å². The smallest absolute Gasteiger partial charge is 0.231 e. The highest BCUT2D eigenvalue weighted by Gasteiger charge is 2.24. The zero-order valence-electron chi connectivity index (χ0n) is 12.0. The average molecular weight is 335 g/mol. The molecule has 3 rings (SSSR count). The standard InChI is InChI=1S/C12H19ClN6O.ClH/c1-9-8-20-7-6-19(9)12-16-10(13)15-11(17-12)18-4-2-14-3-5-18;/h9,14H,2-8H2,1H3;1H/t9-;/m0./s1. The van der Waals surface area contributed by atoms with Gasteiger partial charge in [0.25, 0.3) is 0 Å². The van der Waals surface area contributed by atoms with Crippen LogP contribution in [0.15, 0.2) is 0 Å². The first-order valence-electron chi connectivity index (χ1n) is 6.95. The van der Waals surface area contributed by atoms with Gasteiger partial charge in [-0.15, -0.1) is 12.4 Å². The molecule has 2 saturated heterocycles. The Bertz CT molecular complexity index is 471. The Kier molecular flexibility index (Phi) is 5.80. The van der Waals surface area contributed by atoms with Crippen molar-refractivity contribution in [1.29, 1.82) is 0 Å². The minimum Gasteiger partial charge on any atom is -0.377 e. The van der Waals surface area contributed by atoms with Crippen LogP contribution in [0.2, 0.25) is 5.28 Å². The van der Waals surface area contributed by atoms with Gasteiger partial charge >= 0.3 is 0 Å². The molecule has 1 aromatic heterocycles. The highest BCUT2D eigenvalue weighted by molar-refractivity contribution is 6.28. The molecular formula is C12H20Cl2N6O. The van der Waals surface area contributed by atoms with E-state index < -0.39 is 0 Å². The summed E-state index contributed by atoms with van der Waals surface area (Å²) in [5, 5.41) is 3.56. The molecule has 9 heteroatoms. The van der Waals surface area contributed by atoms with E-state index in [1.807, 2.05) is 0 Å². The van der Waals surface area contributed by atoms with Crippen LogP contribution in [0.25, 0.3) is 0 Å². The lowest BCUT2D eigenvalue weighted by Gasteiger charge is -2.34. The molecule has 0 aliphatic carbocycles. The SMILES string of the molecule is C[C@H]1COCCN1c1nc(Cl)nc(N2CCNCC2)n1.Cl. The third-order valence-corrected chi connectivity index (χ3v) is 3.78. The average Bonchev–Trinajstić information content (AvgIpc) is 2.48. The maximum absolute atomic E-state index is 6.07.